The van der Waals surface area contributed by atoms with Crippen LogP contribution in [-0.2, 0) is 6.42 Å². The van der Waals surface area contributed by atoms with Crippen LogP contribution < -0.4 is 4.90 Å². The minimum atomic E-state index is -0.245. The Balaban J connectivity index is 1.39. The van der Waals surface area contributed by atoms with E-state index in [1.54, 1.807) is 12.4 Å². The summed E-state index contributed by atoms with van der Waals surface area (Å²) in [5.74, 6) is 1.39. The highest BCUT2D eigenvalue weighted by Crippen LogP contribution is 2.32. The molecule has 1 N–H and O–H groups in total. The second-order valence-corrected chi connectivity index (χ2v) is 7.36. The fourth-order valence-electron chi connectivity index (χ4n) is 4.19. The maximum Gasteiger partial charge on any atom is 0.156 e. The van der Waals surface area contributed by atoms with Crippen LogP contribution in [0.25, 0.3) is 21.9 Å². The summed E-state index contributed by atoms with van der Waals surface area (Å²) >= 11 is 0. The zero-order chi connectivity index (χ0) is 18.2. The zero-order valence-electron chi connectivity index (χ0n) is 15.0. The van der Waals surface area contributed by atoms with Crippen molar-refractivity contribution in [2.24, 2.45) is 5.92 Å². The van der Waals surface area contributed by atoms with Gasteiger partial charge in [-0.2, -0.15) is 0 Å². The molecule has 1 fully saturated rings. The number of nitrogens with one attached hydrogen (secondary N) is 1. The summed E-state index contributed by atoms with van der Waals surface area (Å²) in [5.41, 5.74) is 4.01. The highest BCUT2D eigenvalue weighted by molar-refractivity contribution is 6.08. The van der Waals surface area contributed by atoms with Gasteiger partial charge in [0.15, 0.2) is 5.82 Å². The highest BCUT2D eigenvalue weighted by Gasteiger charge is 2.23. The van der Waals surface area contributed by atoms with Crippen molar-refractivity contribution in [2.75, 3.05) is 18.0 Å². The van der Waals surface area contributed by atoms with Gasteiger partial charge in [0, 0.05) is 24.0 Å². The first-order valence-electron chi connectivity index (χ1n) is 9.49. The lowest BCUT2D eigenvalue weighted by Crippen LogP contribution is -2.35. The summed E-state index contributed by atoms with van der Waals surface area (Å²) < 4.78 is 13.7. The Bertz CT molecular complexity index is 1080. The molecule has 5 heteroatoms. The monoisotopic (exact) mass is 360 g/mol. The van der Waals surface area contributed by atoms with E-state index in [4.69, 9.17) is 0 Å². The zero-order valence-corrected chi connectivity index (χ0v) is 15.0. The third-order valence-corrected chi connectivity index (χ3v) is 5.60. The molecule has 0 amide bonds. The van der Waals surface area contributed by atoms with E-state index in [1.807, 2.05) is 0 Å². The molecular formula is C22H21FN4. The Morgan fingerprint density at radius 1 is 1.04 bits per heavy atom. The molecule has 0 bridgehead atoms. The summed E-state index contributed by atoms with van der Waals surface area (Å²) in [5, 5.41) is 0.813. The first kappa shape index (κ1) is 16.2. The van der Waals surface area contributed by atoms with Crippen LogP contribution in [0.1, 0.15) is 18.4 Å². The number of rotatable bonds is 3. The molecule has 27 heavy (non-hydrogen) atoms. The molecule has 3 heterocycles. The van der Waals surface area contributed by atoms with Crippen molar-refractivity contribution in [2.45, 2.75) is 19.3 Å². The Morgan fingerprint density at radius 2 is 1.85 bits per heavy atom. The maximum atomic E-state index is 13.7. The van der Waals surface area contributed by atoms with Crippen LogP contribution >= 0.6 is 0 Å². The number of nitrogens with zero attached hydrogens (tertiary/aromatic N) is 3. The quantitative estimate of drug-likeness (QED) is 0.575. The standard InChI is InChI=1S/C22H21FN4/c23-17-6-7-19-18(13-17)20-21(26-19)22(25-14-24-20)27-10-8-16(9-11-27)12-15-4-2-1-3-5-15/h1-7,13-14,16,26H,8-12H2. The van der Waals surface area contributed by atoms with Gasteiger partial charge in [0.25, 0.3) is 0 Å². The SMILES string of the molecule is Fc1ccc2[nH]c3c(N4CCC(Cc5ccccc5)CC4)ncnc3c2c1. The predicted octanol–water partition coefficient (Wildman–Crippen LogP) is 4.71. The second-order valence-electron chi connectivity index (χ2n) is 7.36. The number of H-pyrrole nitrogens is 1. The van der Waals surface area contributed by atoms with Gasteiger partial charge in [-0.1, -0.05) is 30.3 Å². The van der Waals surface area contributed by atoms with Crippen molar-refractivity contribution < 1.29 is 4.39 Å². The third-order valence-electron chi connectivity index (χ3n) is 5.60. The summed E-state index contributed by atoms with van der Waals surface area (Å²) in [6.45, 7) is 1.96. The van der Waals surface area contributed by atoms with Gasteiger partial charge in [-0.05, 0) is 48.9 Å². The Hall–Kier alpha value is -2.95. The summed E-state index contributed by atoms with van der Waals surface area (Å²) in [6, 6.07) is 15.5. The van der Waals surface area contributed by atoms with E-state index >= 15 is 0 Å². The number of hydrogen-bond donors (Lipinski definition) is 1. The normalized spacial score (nSPS) is 15.7. The first-order chi connectivity index (χ1) is 13.3. The minimum Gasteiger partial charge on any atom is -0.355 e. The molecule has 1 aliphatic heterocycles. The molecule has 136 valence electrons. The maximum absolute atomic E-state index is 13.7. The smallest absolute Gasteiger partial charge is 0.156 e. The molecule has 0 saturated carbocycles. The van der Waals surface area contributed by atoms with E-state index in [1.165, 1.54) is 17.7 Å². The molecule has 1 aliphatic rings. The number of aromatic amines is 1. The van der Waals surface area contributed by atoms with E-state index in [0.717, 1.165) is 60.1 Å². The summed E-state index contributed by atoms with van der Waals surface area (Å²) in [6.07, 6.45) is 5.02. The van der Waals surface area contributed by atoms with Crippen LogP contribution in [0.3, 0.4) is 0 Å². The molecular weight excluding hydrogens is 339 g/mol. The molecule has 2 aromatic heterocycles. The fourth-order valence-corrected chi connectivity index (χ4v) is 4.19. The van der Waals surface area contributed by atoms with Crippen LogP contribution in [0.15, 0.2) is 54.9 Å². The number of piperidine rings is 1. The van der Waals surface area contributed by atoms with Gasteiger partial charge < -0.3 is 9.88 Å². The van der Waals surface area contributed by atoms with Gasteiger partial charge in [-0.3, -0.25) is 0 Å². The third kappa shape index (κ3) is 3.03. The molecule has 0 radical (unpaired) electrons. The van der Waals surface area contributed by atoms with Crippen LogP contribution in [0.4, 0.5) is 10.2 Å². The van der Waals surface area contributed by atoms with E-state index < -0.39 is 0 Å². The van der Waals surface area contributed by atoms with E-state index in [0.29, 0.717) is 5.92 Å². The lowest BCUT2D eigenvalue weighted by Gasteiger charge is -2.33. The average Bonchev–Trinajstić information content (AvgIpc) is 3.07. The number of anilines is 1. The minimum absolute atomic E-state index is 0.245. The predicted molar refractivity (Wildman–Crippen MR) is 106 cm³/mol. The van der Waals surface area contributed by atoms with Crippen LogP contribution in [0, 0.1) is 11.7 Å². The number of fused-ring (bicyclic) bond motifs is 3. The van der Waals surface area contributed by atoms with Gasteiger partial charge in [-0.15, -0.1) is 0 Å². The molecule has 2 aromatic carbocycles. The number of hydrogen-bond acceptors (Lipinski definition) is 3. The van der Waals surface area contributed by atoms with Crippen molar-refractivity contribution in [1.29, 1.82) is 0 Å². The lowest BCUT2D eigenvalue weighted by atomic mass is 9.90. The molecule has 0 atom stereocenters. The van der Waals surface area contributed by atoms with Gasteiger partial charge in [0.05, 0.1) is 0 Å². The van der Waals surface area contributed by atoms with Crippen molar-refractivity contribution in [3.05, 3.63) is 66.2 Å². The van der Waals surface area contributed by atoms with E-state index in [2.05, 4.69) is 50.2 Å². The van der Waals surface area contributed by atoms with Crippen molar-refractivity contribution in [1.82, 2.24) is 15.0 Å². The largest absolute Gasteiger partial charge is 0.355 e. The van der Waals surface area contributed by atoms with Crippen molar-refractivity contribution in [3.8, 4) is 0 Å². The summed E-state index contributed by atoms with van der Waals surface area (Å²) in [4.78, 5) is 14.7. The van der Waals surface area contributed by atoms with Crippen LogP contribution in [0.5, 0.6) is 0 Å². The van der Waals surface area contributed by atoms with Crippen LogP contribution in [0.2, 0.25) is 0 Å². The van der Waals surface area contributed by atoms with Crippen molar-refractivity contribution in [3.63, 3.8) is 0 Å². The number of benzene rings is 2. The molecule has 0 spiro atoms. The molecule has 5 rings (SSSR count). The molecule has 0 aliphatic carbocycles. The van der Waals surface area contributed by atoms with E-state index in [9.17, 15) is 4.39 Å². The Morgan fingerprint density at radius 3 is 2.67 bits per heavy atom. The average molecular weight is 360 g/mol. The number of aromatic nitrogens is 3. The molecule has 4 aromatic rings. The second kappa shape index (κ2) is 6.65. The first-order valence-corrected chi connectivity index (χ1v) is 9.49. The highest BCUT2D eigenvalue weighted by atomic mass is 19.1. The number of halogens is 1. The lowest BCUT2D eigenvalue weighted by molar-refractivity contribution is 0.402. The van der Waals surface area contributed by atoms with Crippen molar-refractivity contribution >= 4 is 27.8 Å². The summed E-state index contributed by atoms with van der Waals surface area (Å²) in [7, 11) is 0. The van der Waals surface area contributed by atoms with Gasteiger partial charge >= 0.3 is 0 Å². The Labute approximate surface area is 157 Å². The Kier molecular flexibility index (Phi) is 4.00. The topological polar surface area (TPSA) is 44.8 Å². The van der Waals surface area contributed by atoms with Gasteiger partial charge in [0.2, 0.25) is 0 Å². The van der Waals surface area contributed by atoms with Gasteiger partial charge in [-0.25, -0.2) is 14.4 Å². The molecule has 4 nitrogen and oxygen atoms in total. The van der Waals surface area contributed by atoms with Crippen LogP contribution in [-0.4, -0.2) is 28.0 Å². The fraction of sp³-hybridized carbons (Fsp3) is 0.273. The molecule has 0 unspecified atom stereocenters. The molecule has 1 saturated heterocycles. The van der Waals surface area contributed by atoms with Gasteiger partial charge in [0.1, 0.15) is 23.2 Å². The van der Waals surface area contributed by atoms with E-state index in [-0.39, 0.29) is 5.82 Å².